The molecule has 2 fully saturated rings. The van der Waals surface area contributed by atoms with Gasteiger partial charge < -0.3 is 20.2 Å². The predicted molar refractivity (Wildman–Crippen MR) is 80.2 cm³/mol. The number of hydrogen-bond donors (Lipinski definition) is 2. The van der Waals surface area contributed by atoms with Crippen molar-refractivity contribution < 1.29 is 14.7 Å². The number of carboxylic acid groups (broad SMARTS) is 1. The number of rotatable bonds is 4. The molecule has 2 rings (SSSR count). The highest BCUT2D eigenvalue weighted by molar-refractivity contribution is 5.87. The van der Waals surface area contributed by atoms with Crippen LogP contribution < -0.4 is 5.32 Å². The highest BCUT2D eigenvalue weighted by Crippen LogP contribution is 2.32. The van der Waals surface area contributed by atoms with Gasteiger partial charge in [-0.3, -0.25) is 0 Å². The average molecular weight is 297 g/mol. The Kier molecular flexibility index (Phi) is 5.08. The van der Waals surface area contributed by atoms with Crippen LogP contribution in [0.25, 0.3) is 0 Å². The molecule has 0 spiro atoms. The third-order valence-corrected chi connectivity index (χ3v) is 4.98. The van der Waals surface area contributed by atoms with Crippen LogP contribution in [0.2, 0.25) is 0 Å². The van der Waals surface area contributed by atoms with Gasteiger partial charge >= 0.3 is 12.0 Å². The second-order valence-corrected chi connectivity index (χ2v) is 6.40. The molecule has 0 bridgehead atoms. The Morgan fingerprint density at radius 2 is 2.10 bits per heavy atom. The van der Waals surface area contributed by atoms with E-state index in [0.717, 1.165) is 32.4 Å². The van der Waals surface area contributed by atoms with Crippen molar-refractivity contribution >= 4 is 12.0 Å². The fraction of sp³-hybridized carbons (Fsp3) is 0.867. The Bertz CT molecular complexity index is 402. The van der Waals surface area contributed by atoms with E-state index in [1.165, 1.54) is 4.90 Å². The lowest BCUT2D eigenvalue weighted by Crippen LogP contribution is -2.56. The van der Waals surface area contributed by atoms with Gasteiger partial charge in [-0.1, -0.05) is 6.92 Å². The molecule has 2 amide bonds. The number of hydrogen-bond acceptors (Lipinski definition) is 3. The highest BCUT2D eigenvalue weighted by Gasteiger charge is 2.48. The first kappa shape index (κ1) is 16.1. The van der Waals surface area contributed by atoms with Gasteiger partial charge in [-0.2, -0.15) is 0 Å². The van der Waals surface area contributed by atoms with E-state index in [2.05, 4.69) is 17.3 Å². The standard InChI is InChI=1S/C15H27N3O3/c1-3-15(13(19)20)7-5-9-18(15)14(21)16-10-12-6-4-8-17(2)11-12/h12H,3-11H2,1-2H3,(H,16,21)(H,19,20). The third-order valence-electron chi connectivity index (χ3n) is 4.98. The molecule has 0 aromatic heterocycles. The predicted octanol–water partition coefficient (Wildman–Crippen LogP) is 1.37. The van der Waals surface area contributed by atoms with Crippen LogP contribution in [0.15, 0.2) is 0 Å². The van der Waals surface area contributed by atoms with Crippen LogP contribution in [-0.4, -0.2) is 65.7 Å². The highest BCUT2D eigenvalue weighted by atomic mass is 16.4. The molecular weight excluding hydrogens is 270 g/mol. The molecule has 2 unspecified atom stereocenters. The molecule has 0 aromatic carbocycles. The quantitative estimate of drug-likeness (QED) is 0.822. The van der Waals surface area contributed by atoms with Gasteiger partial charge in [0.05, 0.1) is 0 Å². The molecule has 2 heterocycles. The number of nitrogens with zero attached hydrogens (tertiary/aromatic N) is 2. The molecule has 0 aromatic rings. The summed E-state index contributed by atoms with van der Waals surface area (Å²) < 4.78 is 0. The maximum atomic E-state index is 12.4. The lowest BCUT2D eigenvalue weighted by molar-refractivity contribution is -0.148. The Morgan fingerprint density at radius 1 is 1.33 bits per heavy atom. The van der Waals surface area contributed by atoms with E-state index in [0.29, 0.717) is 31.8 Å². The van der Waals surface area contributed by atoms with Crippen molar-refractivity contribution in [3.63, 3.8) is 0 Å². The first-order chi connectivity index (χ1) is 9.99. The summed E-state index contributed by atoms with van der Waals surface area (Å²) in [5.41, 5.74) is -1.01. The number of nitrogens with one attached hydrogen (secondary N) is 1. The van der Waals surface area contributed by atoms with Crippen LogP contribution in [0, 0.1) is 5.92 Å². The van der Waals surface area contributed by atoms with Gasteiger partial charge in [-0.25, -0.2) is 9.59 Å². The second kappa shape index (κ2) is 6.64. The number of amides is 2. The van der Waals surface area contributed by atoms with Gasteiger partial charge in [-0.15, -0.1) is 0 Å². The maximum Gasteiger partial charge on any atom is 0.329 e. The largest absolute Gasteiger partial charge is 0.479 e. The molecule has 2 aliphatic heterocycles. The van der Waals surface area contributed by atoms with E-state index < -0.39 is 11.5 Å². The van der Waals surface area contributed by atoms with Crippen molar-refractivity contribution in [3.05, 3.63) is 0 Å². The number of piperidine rings is 1. The molecule has 2 N–H and O–H groups in total. The smallest absolute Gasteiger partial charge is 0.329 e. The van der Waals surface area contributed by atoms with Crippen molar-refractivity contribution in [1.29, 1.82) is 0 Å². The number of carboxylic acids is 1. The SMILES string of the molecule is CCC1(C(=O)O)CCCN1C(=O)NCC1CCCN(C)C1. The molecule has 6 heteroatoms. The fourth-order valence-corrected chi connectivity index (χ4v) is 3.68. The second-order valence-electron chi connectivity index (χ2n) is 6.40. The van der Waals surface area contributed by atoms with E-state index in [1.54, 1.807) is 0 Å². The van der Waals surface area contributed by atoms with Crippen molar-refractivity contribution in [2.24, 2.45) is 5.92 Å². The number of urea groups is 1. The maximum absolute atomic E-state index is 12.4. The van der Waals surface area contributed by atoms with Crippen molar-refractivity contribution in [2.45, 2.75) is 44.6 Å². The van der Waals surface area contributed by atoms with Crippen LogP contribution in [-0.2, 0) is 4.79 Å². The molecule has 2 saturated heterocycles. The Labute approximate surface area is 126 Å². The molecule has 0 saturated carbocycles. The van der Waals surface area contributed by atoms with Gasteiger partial charge in [0.25, 0.3) is 0 Å². The monoisotopic (exact) mass is 297 g/mol. The van der Waals surface area contributed by atoms with Crippen LogP contribution in [0.5, 0.6) is 0 Å². The summed E-state index contributed by atoms with van der Waals surface area (Å²) in [6.07, 6.45) is 4.07. The molecule has 0 aliphatic carbocycles. The summed E-state index contributed by atoms with van der Waals surface area (Å²) in [5, 5.41) is 12.5. The molecule has 21 heavy (non-hydrogen) atoms. The molecule has 120 valence electrons. The number of carbonyl (C=O) groups excluding carboxylic acids is 1. The zero-order valence-electron chi connectivity index (χ0n) is 13.1. The van der Waals surface area contributed by atoms with E-state index in [4.69, 9.17) is 0 Å². The summed E-state index contributed by atoms with van der Waals surface area (Å²) >= 11 is 0. The first-order valence-corrected chi connectivity index (χ1v) is 7.97. The molecule has 6 nitrogen and oxygen atoms in total. The molecule has 2 aliphatic rings. The van der Waals surface area contributed by atoms with Crippen molar-refractivity contribution in [2.75, 3.05) is 33.2 Å². The topological polar surface area (TPSA) is 72.9 Å². The van der Waals surface area contributed by atoms with Crippen molar-refractivity contribution in [1.82, 2.24) is 15.1 Å². The molecule has 2 atom stereocenters. The zero-order chi connectivity index (χ0) is 15.5. The lowest BCUT2D eigenvalue weighted by atomic mass is 9.93. The van der Waals surface area contributed by atoms with E-state index in [1.807, 2.05) is 6.92 Å². The summed E-state index contributed by atoms with van der Waals surface area (Å²) in [5.74, 6) is -0.411. The Morgan fingerprint density at radius 3 is 2.71 bits per heavy atom. The molecular formula is C15H27N3O3. The Balaban J connectivity index is 1.91. The van der Waals surface area contributed by atoms with Gasteiger partial charge in [0.2, 0.25) is 0 Å². The van der Waals surface area contributed by atoms with Crippen LogP contribution in [0.3, 0.4) is 0 Å². The number of likely N-dealkylation sites (tertiary alicyclic amines) is 2. The summed E-state index contributed by atoms with van der Waals surface area (Å²) in [4.78, 5) is 27.8. The first-order valence-electron chi connectivity index (χ1n) is 7.97. The van der Waals surface area contributed by atoms with Gasteiger partial charge in [-0.05, 0) is 51.6 Å². The molecule has 0 radical (unpaired) electrons. The summed E-state index contributed by atoms with van der Waals surface area (Å²) in [7, 11) is 2.10. The minimum absolute atomic E-state index is 0.218. The van der Waals surface area contributed by atoms with E-state index in [9.17, 15) is 14.7 Å². The third kappa shape index (κ3) is 3.31. The van der Waals surface area contributed by atoms with Crippen LogP contribution in [0.1, 0.15) is 39.0 Å². The Hall–Kier alpha value is -1.30. The minimum atomic E-state index is -1.01. The van der Waals surface area contributed by atoms with E-state index >= 15 is 0 Å². The lowest BCUT2D eigenvalue weighted by Gasteiger charge is -2.35. The summed E-state index contributed by atoms with van der Waals surface area (Å²) in [6, 6.07) is -0.218. The fourth-order valence-electron chi connectivity index (χ4n) is 3.68. The number of aliphatic carboxylic acids is 1. The van der Waals surface area contributed by atoms with Gasteiger partial charge in [0.1, 0.15) is 5.54 Å². The van der Waals surface area contributed by atoms with Gasteiger partial charge in [0, 0.05) is 19.6 Å². The van der Waals surface area contributed by atoms with Crippen molar-refractivity contribution in [3.8, 4) is 0 Å². The average Bonchev–Trinajstić information content (AvgIpc) is 2.90. The van der Waals surface area contributed by atoms with E-state index in [-0.39, 0.29) is 6.03 Å². The normalized spacial score (nSPS) is 30.4. The summed E-state index contributed by atoms with van der Waals surface area (Å²) in [6.45, 7) is 5.14. The zero-order valence-corrected chi connectivity index (χ0v) is 13.1. The van der Waals surface area contributed by atoms with Crippen LogP contribution >= 0.6 is 0 Å². The van der Waals surface area contributed by atoms with Crippen LogP contribution in [0.4, 0.5) is 4.79 Å². The van der Waals surface area contributed by atoms with Gasteiger partial charge in [0.15, 0.2) is 0 Å². The number of carbonyl (C=O) groups is 2. The minimum Gasteiger partial charge on any atom is -0.479 e.